The Morgan fingerprint density at radius 1 is 0.468 bits per heavy atom. The Hall–Kier alpha value is -4.77. The van der Waals surface area contributed by atoms with Gasteiger partial charge >= 0.3 is 0 Å². The van der Waals surface area contributed by atoms with Gasteiger partial charge in [0.05, 0.1) is 42.2 Å². The second-order valence-electron chi connectivity index (χ2n) is 10.9. The van der Waals surface area contributed by atoms with Crippen LogP contribution < -0.4 is 9.47 Å². The molecule has 0 aliphatic carbocycles. The number of pyridine rings is 5. The van der Waals surface area contributed by atoms with E-state index < -0.39 is 0 Å². The van der Waals surface area contributed by atoms with E-state index >= 15 is 0 Å². The van der Waals surface area contributed by atoms with Crippen molar-refractivity contribution in [2.45, 2.75) is 38.5 Å². The minimum atomic E-state index is 0. The van der Waals surface area contributed by atoms with E-state index in [9.17, 15) is 0 Å². The summed E-state index contributed by atoms with van der Waals surface area (Å²) in [7, 11) is 0. The number of benzene rings is 1. The predicted octanol–water partition coefficient (Wildman–Crippen LogP) is 8.93. The first-order chi connectivity index (χ1) is 22.8. The van der Waals surface area contributed by atoms with Gasteiger partial charge in [-0.2, -0.15) is 0 Å². The fourth-order valence-corrected chi connectivity index (χ4v) is 5.12. The molecular weight excluding hydrogens is 757 g/mol. The Kier molecular flexibility index (Phi) is 12.7. The standard InChI is InChI=1S/C39H36N5O2.Re/c1(3-9-26-45-32-21-22-35(43-29-32)37-19-12-18-36(44-37)34-17-6-8-24-41-34)2-4-10-27-46-38-20-13-25-42-39(38)31-15-11-14-30(28-31)33-16-5-7-23-40-33;/h5-8,11-25,29H,1-4,9-10,26-27H2;/q-1;. The largest absolute Gasteiger partial charge is 0.499 e. The molecule has 0 N–H and O–H groups in total. The van der Waals surface area contributed by atoms with Crippen molar-refractivity contribution in [2.75, 3.05) is 13.2 Å². The molecular formula is C39H36N5O2Re-. The molecule has 1 radical (unpaired) electrons. The van der Waals surface area contributed by atoms with Crippen LogP contribution in [0, 0.1) is 6.07 Å². The van der Waals surface area contributed by atoms with Crippen molar-refractivity contribution >= 4 is 0 Å². The summed E-state index contributed by atoms with van der Waals surface area (Å²) in [6, 6.07) is 34.9. The number of rotatable bonds is 15. The van der Waals surface area contributed by atoms with Crippen molar-refractivity contribution in [2.24, 2.45) is 0 Å². The number of hydrogen-bond donors (Lipinski definition) is 0. The first kappa shape index (κ1) is 33.6. The SMILES string of the molecule is [Re].[c-]1c(-c2ccccn2)cccc1-c1ncccc1OCCCCCCCCOc1ccc(-c2cccc(-c3ccccn3)n2)nc1. The van der Waals surface area contributed by atoms with Gasteiger partial charge in [-0.25, -0.2) is 4.98 Å². The van der Waals surface area contributed by atoms with E-state index in [0.717, 1.165) is 82.5 Å². The van der Waals surface area contributed by atoms with E-state index in [0.29, 0.717) is 13.2 Å². The van der Waals surface area contributed by atoms with Crippen LogP contribution in [-0.4, -0.2) is 38.1 Å². The summed E-state index contributed by atoms with van der Waals surface area (Å²) in [5, 5.41) is 0. The third-order valence-electron chi connectivity index (χ3n) is 7.50. The van der Waals surface area contributed by atoms with Gasteiger partial charge in [0.15, 0.2) is 0 Å². The summed E-state index contributed by atoms with van der Waals surface area (Å²) in [5.74, 6) is 1.56. The molecule has 0 amide bonds. The van der Waals surface area contributed by atoms with Gasteiger partial charge in [-0.05, 0) is 67.4 Å². The molecule has 6 rings (SSSR count). The summed E-state index contributed by atoms with van der Waals surface area (Å²) in [6.45, 7) is 1.34. The molecule has 6 aromatic rings. The Morgan fingerprint density at radius 3 is 1.79 bits per heavy atom. The molecule has 1 aromatic carbocycles. The van der Waals surface area contributed by atoms with Crippen LogP contribution in [-0.2, 0) is 20.4 Å². The molecule has 0 aliphatic rings. The Morgan fingerprint density at radius 2 is 1.09 bits per heavy atom. The van der Waals surface area contributed by atoms with Crippen molar-refractivity contribution < 1.29 is 29.9 Å². The number of ether oxygens (including phenoxy) is 2. The number of unbranched alkanes of at least 4 members (excludes halogenated alkanes) is 5. The van der Waals surface area contributed by atoms with Crippen LogP contribution in [0.3, 0.4) is 0 Å². The van der Waals surface area contributed by atoms with Gasteiger partial charge in [0, 0.05) is 50.4 Å². The Balaban J connectivity index is 0.00000433. The molecule has 7 nitrogen and oxygen atoms in total. The van der Waals surface area contributed by atoms with Crippen molar-refractivity contribution in [3.63, 3.8) is 0 Å². The van der Waals surface area contributed by atoms with Crippen LogP contribution in [0.15, 0.2) is 122 Å². The second kappa shape index (κ2) is 17.8. The van der Waals surface area contributed by atoms with E-state index in [4.69, 9.17) is 14.5 Å². The molecule has 47 heavy (non-hydrogen) atoms. The fourth-order valence-electron chi connectivity index (χ4n) is 5.12. The van der Waals surface area contributed by atoms with Gasteiger partial charge in [0.25, 0.3) is 0 Å². The van der Waals surface area contributed by atoms with E-state index in [1.165, 1.54) is 12.8 Å². The third kappa shape index (κ3) is 9.62. The average molecular weight is 793 g/mol. The number of hydrogen-bond acceptors (Lipinski definition) is 7. The third-order valence-corrected chi connectivity index (χ3v) is 7.50. The molecule has 0 saturated carbocycles. The van der Waals surface area contributed by atoms with Gasteiger partial charge in [0.2, 0.25) is 0 Å². The molecule has 5 heterocycles. The maximum atomic E-state index is 6.16. The summed E-state index contributed by atoms with van der Waals surface area (Å²) < 4.78 is 12.1. The molecule has 0 aliphatic heterocycles. The van der Waals surface area contributed by atoms with Crippen molar-refractivity contribution in [1.29, 1.82) is 0 Å². The predicted molar refractivity (Wildman–Crippen MR) is 181 cm³/mol. The zero-order valence-corrected chi connectivity index (χ0v) is 28.9. The van der Waals surface area contributed by atoms with Crippen LogP contribution in [0.2, 0.25) is 0 Å². The molecule has 0 fully saturated rings. The van der Waals surface area contributed by atoms with Gasteiger partial charge < -0.3 is 9.47 Å². The first-order valence-corrected chi connectivity index (χ1v) is 15.8. The van der Waals surface area contributed by atoms with E-state index in [1.54, 1.807) is 24.8 Å². The zero-order valence-electron chi connectivity index (χ0n) is 26.1. The van der Waals surface area contributed by atoms with Gasteiger partial charge in [-0.1, -0.05) is 61.1 Å². The topological polar surface area (TPSA) is 82.9 Å². The molecule has 237 valence electrons. The molecule has 0 unspecified atom stereocenters. The zero-order chi connectivity index (χ0) is 31.2. The molecule has 0 atom stereocenters. The van der Waals surface area contributed by atoms with Crippen LogP contribution >= 0.6 is 0 Å². The van der Waals surface area contributed by atoms with Gasteiger partial charge in [-0.3, -0.25) is 19.9 Å². The molecule has 8 heteroatoms. The van der Waals surface area contributed by atoms with Crippen molar-refractivity contribution in [3.8, 4) is 56.8 Å². The van der Waals surface area contributed by atoms with Crippen LogP contribution in [0.1, 0.15) is 38.5 Å². The van der Waals surface area contributed by atoms with E-state index in [1.807, 2.05) is 97.1 Å². The summed E-state index contributed by atoms with van der Waals surface area (Å²) >= 11 is 0. The number of aromatic nitrogens is 5. The molecule has 0 saturated heterocycles. The average Bonchev–Trinajstić information content (AvgIpc) is 3.14. The fraction of sp³-hybridized carbons (Fsp3) is 0.205. The van der Waals surface area contributed by atoms with E-state index in [2.05, 4.69) is 26.0 Å². The van der Waals surface area contributed by atoms with Crippen LogP contribution in [0.25, 0.3) is 45.3 Å². The Labute approximate surface area is 290 Å². The van der Waals surface area contributed by atoms with E-state index in [-0.39, 0.29) is 20.4 Å². The summed E-state index contributed by atoms with van der Waals surface area (Å²) in [4.78, 5) is 22.7. The minimum absolute atomic E-state index is 0. The second-order valence-corrected chi connectivity index (χ2v) is 10.9. The summed E-state index contributed by atoms with van der Waals surface area (Å²) in [5.41, 5.74) is 6.81. The molecule has 0 spiro atoms. The first-order valence-electron chi connectivity index (χ1n) is 15.8. The smallest absolute Gasteiger partial charge is 0.137 e. The van der Waals surface area contributed by atoms with Crippen molar-refractivity contribution in [3.05, 3.63) is 128 Å². The van der Waals surface area contributed by atoms with Crippen molar-refractivity contribution in [1.82, 2.24) is 24.9 Å². The monoisotopic (exact) mass is 793 g/mol. The molecule has 5 aromatic heterocycles. The van der Waals surface area contributed by atoms with Crippen LogP contribution in [0.5, 0.6) is 11.5 Å². The van der Waals surface area contributed by atoms with Crippen LogP contribution in [0.4, 0.5) is 0 Å². The quantitative estimate of drug-likeness (QED) is 0.0759. The normalized spacial score (nSPS) is 10.6. The van der Waals surface area contributed by atoms with Gasteiger partial charge in [0.1, 0.15) is 11.5 Å². The summed E-state index contributed by atoms with van der Waals surface area (Å²) in [6.07, 6.45) is 13.7. The minimum Gasteiger partial charge on any atom is -0.499 e. The Bertz CT molecular complexity index is 1800. The van der Waals surface area contributed by atoms with Gasteiger partial charge in [-0.15, -0.1) is 24.3 Å². The maximum absolute atomic E-state index is 6.16. The number of nitrogens with zero attached hydrogens (tertiary/aromatic N) is 5. The molecule has 0 bridgehead atoms. The maximum Gasteiger partial charge on any atom is 0.137 e.